The Morgan fingerprint density at radius 1 is 1.44 bits per heavy atom. The molecule has 0 aromatic carbocycles. The molecular weight excluding hydrogens is 226 g/mol. The maximum atomic E-state index is 6.04. The van der Waals surface area contributed by atoms with Crippen LogP contribution in [0.15, 0.2) is 18.3 Å². The number of aryl methyl sites for hydroxylation is 1. The summed E-state index contributed by atoms with van der Waals surface area (Å²) in [6.45, 7) is 6.14. The maximum absolute atomic E-state index is 6.04. The Morgan fingerprint density at radius 3 is 3.06 bits per heavy atom. The third-order valence-electron chi connectivity index (χ3n) is 3.74. The van der Waals surface area contributed by atoms with Gasteiger partial charge in [0.2, 0.25) is 5.95 Å². The fourth-order valence-electron chi connectivity index (χ4n) is 2.45. The largest absolute Gasteiger partial charge is 0.339 e. The van der Waals surface area contributed by atoms with E-state index in [1.165, 1.54) is 5.56 Å². The molecule has 5 heteroatoms. The number of aromatic nitrogens is 3. The Morgan fingerprint density at radius 2 is 2.28 bits per heavy atom. The molecule has 1 saturated heterocycles. The van der Waals surface area contributed by atoms with Crippen LogP contribution in [0.3, 0.4) is 0 Å². The van der Waals surface area contributed by atoms with Crippen LogP contribution in [-0.2, 0) is 0 Å². The van der Waals surface area contributed by atoms with Gasteiger partial charge in [-0.1, -0.05) is 6.92 Å². The number of rotatable bonds is 1. The van der Waals surface area contributed by atoms with E-state index in [4.69, 9.17) is 5.73 Å². The number of hydrogen-bond acceptors (Lipinski definition) is 4. The summed E-state index contributed by atoms with van der Waals surface area (Å²) in [4.78, 5) is 6.83. The van der Waals surface area contributed by atoms with Crippen LogP contribution in [0.1, 0.15) is 18.9 Å². The topological polar surface area (TPSA) is 59.5 Å². The summed E-state index contributed by atoms with van der Waals surface area (Å²) in [5.74, 6) is 1.31. The van der Waals surface area contributed by atoms with Gasteiger partial charge in [-0.2, -0.15) is 4.98 Å². The van der Waals surface area contributed by atoms with Crippen LogP contribution in [0.4, 0.5) is 5.95 Å². The van der Waals surface area contributed by atoms with E-state index in [2.05, 4.69) is 34.9 Å². The van der Waals surface area contributed by atoms with Gasteiger partial charge in [0.05, 0.1) is 0 Å². The highest BCUT2D eigenvalue weighted by molar-refractivity contribution is 5.46. The highest BCUT2D eigenvalue weighted by Crippen LogP contribution is 2.20. The second-order valence-electron chi connectivity index (χ2n) is 5.29. The molecule has 0 spiro atoms. The van der Waals surface area contributed by atoms with Crippen LogP contribution in [0, 0.1) is 12.8 Å². The minimum absolute atomic E-state index is 0.306. The Labute approximate surface area is 107 Å². The third kappa shape index (κ3) is 1.95. The highest BCUT2D eigenvalue weighted by atomic mass is 15.4. The first-order valence-corrected chi connectivity index (χ1v) is 6.47. The lowest BCUT2D eigenvalue weighted by molar-refractivity contribution is 0.380. The van der Waals surface area contributed by atoms with Gasteiger partial charge < -0.3 is 10.6 Å². The molecule has 3 rings (SSSR count). The molecule has 18 heavy (non-hydrogen) atoms. The molecule has 3 heterocycles. The third-order valence-corrected chi connectivity index (χ3v) is 3.74. The first-order valence-electron chi connectivity index (χ1n) is 6.47. The summed E-state index contributed by atoms with van der Waals surface area (Å²) in [6, 6.07) is 4.40. The van der Waals surface area contributed by atoms with E-state index in [-0.39, 0.29) is 0 Å². The quantitative estimate of drug-likeness (QED) is 0.820. The molecular formula is C13H19N5. The molecule has 2 unspecified atom stereocenters. The Balaban J connectivity index is 1.90. The van der Waals surface area contributed by atoms with Crippen molar-refractivity contribution in [3.8, 4) is 0 Å². The van der Waals surface area contributed by atoms with E-state index in [0.717, 1.165) is 31.1 Å². The normalized spacial score (nSPS) is 24.7. The summed E-state index contributed by atoms with van der Waals surface area (Å²) in [6.07, 6.45) is 2.97. The van der Waals surface area contributed by atoms with E-state index in [0.29, 0.717) is 12.0 Å². The van der Waals surface area contributed by atoms with E-state index in [1.807, 2.05) is 16.8 Å². The molecule has 0 amide bonds. The zero-order chi connectivity index (χ0) is 12.7. The minimum Gasteiger partial charge on any atom is -0.339 e. The van der Waals surface area contributed by atoms with Crippen molar-refractivity contribution in [3.05, 3.63) is 23.9 Å². The van der Waals surface area contributed by atoms with Gasteiger partial charge in [0.15, 0.2) is 5.65 Å². The SMILES string of the molecule is Cc1ccn2nc(N3CCC(N)C(C)C3)nc2c1. The monoisotopic (exact) mass is 245 g/mol. The number of piperidine rings is 1. The van der Waals surface area contributed by atoms with E-state index < -0.39 is 0 Å². The van der Waals surface area contributed by atoms with Crippen molar-refractivity contribution in [1.29, 1.82) is 0 Å². The fourth-order valence-corrected chi connectivity index (χ4v) is 2.45. The van der Waals surface area contributed by atoms with Crippen molar-refractivity contribution in [3.63, 3.8) is 0 Å². The number of anilines is 1. The van der Waals surface area contributed by atoms with Gasteiger partial charge in [-0.05, 0) is 37.0 Å². The molecule has 2 aromatic heterocycles. The van der Waals surface area contributed by atoms with Crippen LogP contribution in [0.25, 0.3) is 5.65 Å². The average Bonchev–Trinajstić information content (AvgIpc) is 2.75. The molecule has 2 atom stereocenters. The molecule has 96 valence electrons. The molecule has 0 radical (unpaired) electrons. The molecule has 0 saturated carbocycles. The van der Waals surface area contributed by atoms with Crippen molar-refractivity contribution < 1.29 is 0 Å². The maximum Gasteiger partial charge on any atom is 0.245 e. The van der Waals surface area contributed by atoms with Crippen molar-refractivity contribution in [2.24, 2.45) is 11.7 Å². The fraction of sp³-hybridized carbons (Fsp3) is 0.538. The lowest BCUT2D eigenvalue weighted by Gasteiger charge is -2.34. The van der Waals surface area contributed by atoms with Gasteiger partial charge in [-0.15, -0.1) is 5.10 Å². The van der Waals surface area contributed by atoms with Crippen LogP contribution in [0.5, 0.6) is 0 Å². The smallest absolute Gasteiger partial charge is 0.245 e. The van der Waals surface area contributed by atoms with Gasteiger partial charge in [-0.3, -0.25) is 0 Å². The number of nitrogens with zero attached hydrogens (tertiary/aromatic N) is 4. The number of fused-ring (bicyclic) bond motifs is 1. The lowest BCUT2D eigenvalue weighted by Crippen LogP contribution is -2.46. The van der Waals surface area contributed by atoms with Crippen molar-refractivity contribution in [2.75, 3.05) is 18.0 Å². The summed E-state index contributed by atoms with van der Waals surface area (Å²) >= 11 is 0. The predicted molar refractivity (Wildman–Crippen MR) is 71.7 cm³/mol. The van der Waals surface area contributed by atoms with Crippen molar-refractivity contribution in [2.45, 2.75) is 26.3 Å². The van der Waals surface area contributed by atoms with Gasteiger partial charge in [0.25, 0.3) is 0 Å². The molecule has 0 bridgehead atoms. The predicted octanol–water partition coefficient (Wildman–Crippen LogP) is 1.21. The van der Waals surface area contributed by atoms with Crippen molar-refractivity contribution in [1.82, 2.24) is 14.6 Å². The lowest BCUT2D eigenvalue weighted by atomic mass is 9.95. The van der Waals surface area contributed by atoms with Gasteiger partial charge >= 0.3 is 0 Å². The van der Waals surface area contributed by atoms with Crippen LogP contribution in [-0.4, -0.2) is 33.7 Å². The highest BCUT2D eigenvalue weighted by Gasteiger charge is 2.25. The summed E-state index contributed by atoms with van der Waals surface area (Å²) in [5, 5.41) is 4.53. The van der Waals surface area contributed by atoms with Gasteiger partial charge in [-0.25, -0.2) is 4.52 Å². The van der Waals surface area contributed by atoms with E-state index in [1.54, 1.807) is 0 Å². The number of hydrogen-bond donors (Lipinski definition) is 1. The Bertz CT molecular complexity index is 562. The molecule has 1 fully saturated rings. The van der Waals surface area contributed by atoms with E-state index >= 15 is 0 Å². The van der Waals surface area contributed by atoms with E-state index in [9.17, 15) is 0 Å². The first kappa shape index (κ1) is 11.5. The van der Waals surface area contributed by atoms with Crippen LogP contribution in [0.2, 0.25) is 0 Å². The minimum atomic E-state index is 0.306. The second-order valence-corrected chi connectivity index (χ2v) is 5.29. The van der Waals surface area contributed by atoms with Gasteiger partial charge in [0.1, 0.15) is 0 Å². The zero-order valence-corrected chi connectivity index (χ0v) is 10.9. The van der Waals surface area contributed by atoms with Crippen LogP contribution < -0.4 is 10.6 Å². The second kappa shape index (κ2) is 4.24. The molecule has 1 aliphatic heterocycles. The van der Waals surface area contributed by atoms with Crippen molar-refractivity contribution >= 4 is 11.6 Å². The molecule has 5 nitrogen and oxygen atoms in total. The zero-order valence-electron chi connectivity index (χ0n) is 10.9. The summed E-state index contributed by atoms with van der Waals surface area (Å²) in [7, 11) is 0. The first-order chi connectivity index (χ1) is 8.63. The molecule has 2 aromatic rings. The summed E-state index contributed by atoms with van der Waals surface area (Å²) in [5.41, 5.74) is 8.15. The number of nitrogens with two attached hydrogens (primary N) is 1. The Hall–Kier alpha value is -1.62. The molecule has 0 aliphatic carbocycles. The molecule has 1 aliphatic rings. The average molecular weight is 245 g/mol. The number of pyridine rings is 1. The standard InChI is InChI=1S/C13H19N5/c1-9-3-6-18-12(7-9)15-13(16-18)17-5-4-11(14)10(2)8-17/h3,6-7,10-11H,4-5,8,14H2,1-2H3. The Kier molecular flexibility index (Phi) is 2.70. The molecule has 2 N–H and O–H groups in total. The van der Waals surface area contributed by atoms with Gasteiger partial charge in [0, 0.05) is 25.3 Å². The van der Waals surface area contributed by atoms with Crippen LogP contribution >= 0.6 is 0 Å². The summed E-state index contributed by atoms with van der Waals surface area (Å²) < 4.78 is 1.83.